The van der Waals surface area contributed by atoms with Crippen molar-refractivity contribution in [1.82, 2.24) is 10.3 Å². The van der Waals surface area contributed by atoms with Gasteiger partial charge in [0.2, 0.25) is 5.91 Å². The third kappa shape index (κ3) is 25.1. The van der Waals surface area contributed by atoms with Gasteiger partial charge in [-0.25, -0.2) is 4.99 Å². The van der Waals surface area contributed by atoms with Crippen molar-refractivity contribution in [3.05, 3.63) is 78.5 Å². The molecule has 11 nitrogen and oxygen atoms in total. The largest absolute Gasteiger partial charge is 1.00 e. The first-order valence-electron chi connectivity index (χ1n) is 22.2. The van der Waals surface area contributed by atoms with Gasteiger partial charge >= 0.3 is 47.5 Å². The normalized spacial score (nSPS) is 17.3. The molecule has 16 heteroatoms. The summed E-state index contributed by atoms with van der Waals surface area (Å²) in [6, 6.07) is 19.4. The zero-order valence-electron chi connectivity index (χ0n) is 37.9. The van der Waals surface area contributed by atoms with E-state index in [4.69, 9.17) is 30.8 Å². The standard InChI is InChI=1S/C30H34N4O3S.C9H15ClO2.C9H15IO2.2CH4.HI.Na/c1-21(32-27(35)19-18-23-11-5-3-6-12-23)33-30(34-26-17-9-15-24-16-10-20-31-28(24)26)38-22(2)37-29(36)25-13-7-4-8-14-25;2*1-7(10)12-9(11)8-5-3-2-4-6-8;;;;/h3,5-6,9-12,15-22,25H,4,7-8,13-14H2,1-2H3,(H,32,35)(H,33,34);2*7-8H,2-6H2,1H3;2*1H4;1H;/q;;;;;;+1/p-1/b19-18+;;;;;;. The van der Waals surface area contributed by atoms with E-state index in [1.165, 1.54) is 49.9 Å². The van der Waals surface area contributed by atoms with Crippen LogP contribution in [0.25, 0.3) is 17.0 Å². The first-order chi connectivity index (χ1) is 29.9. The maximum atomic E-state index is 12.7. The van der Waals surface area contributed by atoms with Crippen LogP contribution in [0, 0.1) is 17.8 Å². The first-order valence-corrected chi connectivity index (χ1v) is 24.7. The van der Waals surface area contributed by atoms with E-state index in [0.29, 0.717) is 5.17 Å². The van der Waals surface area contributed by atoms with Gasteiger partial charge in [0.25, 0.3) is 0 Å². The monoisotopic (exact) mass is 1180 g/mol. The van der Waals surface area contributed by atoms with Crippen LogP contribution in [0.4, 0.5) is 5.69 Å². The number of aliphatic imine (C=N–C) groups is 1. The fraction of sp³-hybridized carbons (Fsp3) is 0.560. The minimum atomic E-state index is -0.526. The fourth-order valence-electron chi connectivity index (χ4n) is 7.58. The summed E-state index contributed by atoms with van der Waals surface area (Å²) in [6.07, 6.45) is 20.8. The summed E-state index contributed by atoms with van der Waals surface area (Å²) in [5.74, 6) is -0.233. The Balaban J connectivity index is 0.00000124. The Hall–Kier alpha value is -1.96. The van der Waals surface area contributed by atoms with Crippen LogP contribution in [0.2, 0.25) is 0 Å². The molecule has 362 valence electrons. The van der Waals surface area contributed by atoms with Gasteiger partial charge in [-0.2, -0.15) is 0 Å². The predicted octanol–water partition coefficient (Wildman–Crippen LogP) is 7.25. The van der Waals surface area contributed by atoms with Crippen LogP contribution in [0.15, 0.2) is 77.9 Å². The number of nitrogens with zero attached hydrogens (tertiary/aromatic N) is 2. The number of para-hydroxylation sites is 1. The molecule has 6 rings (SSSR count). The fourth-order valence-corrected chi connectivity index (χ4v) is 8.76. The zero-order chi connectivity index (χ0) is 44.7. The van der Waals surface area contributed by atoms with E-state index in [1.54, 1.807) is 26.1 Å². The number of thioether (sulfide) groups is 1. The molecule has 3 fully saturated rings. The Bertz CT molecular complexity index is 1870. The molecule has 3 aliphatic carbocycles. The third-order valence-electron chi connectivity index (χ3n) is 10.7. The molecule has 2 aromatic carbocycles. The zero-order valence-corrected chi connectivity index (χ0v) is 45.8. The van der Waals surface area contributed by atoms with Gasteiger partial charge in [0.15, 0.2) is 16.2 Å². The maximum Gasteiger partial charge on any atom is 1.00 e. The molecule has 66 heavy (non-hydrogen) atoms. The number of halogens is 3. The summed E-state index contributed by atoms with van der Waals surface area (Å²) in [6.45, 7) is 7.20. The molecule has 0 spiro atoms. The van der Waals surface area contributed by atoms with E-state index in [9.17, 15) is 19.2 Å². The number of esters is 3. The second-order valence-electron chi connectivity index (χ2n) is 16.0. The van der Waals surface area contributed by atoms with Crippen molar-refractivity contribution >= 4 is 97.6 Å². The summed E-state index contributed by atoms with van der Waals surface area (Å²) in [7, 11) is 0. The van der Waals surface area contributed by atoms with Crippen LogP contribution in [0.1, 0.15) is 144 Å². The topological polar surface area (TPSA) is 145 Å². The van der Waals surface area contributed by atoms with Gasteiger partial charge in [0, 0.05) is 17.7 Å². The molecule has 1 amide bonds. The summed E-state index contributed by atoms with van der Waals surface area (Å²) in [5, 5.41) is 7.75. The van der Waals surface area contributed by atoms with Crippen LogP contribution in [-0.4, -0.2) is 55.2 Å². The number of amidine groups is 1. The number of carbonyl (C=O) groups is 4. The van der Waals surface area contributed by atoms with Crippen molar-refractivity contribution in [3.63, 3.8) is 0 Å². The molecule has 3 saturated carbocycles. The summed E-state index contributed by atoms with van der Waals surface area (Å²) in [4.78, 5) is 57.1. The summed E-state index contributed by atoms with van der Waals surface area (Å²) < 4.78 is 15.8. The predicted molar refractivity (Wildman–Crippen MR) is 273 cm³/mol. The molecule has 4 atom stereocenters. The number of nitrogens with one attached hydrogen (secondary N) is 2. The Labute approximate surface area is 457 Å². The molecule has 0 saturated heterocycles. The van der Waals surface area contributed by atoms with E-state index >= 15 is 0 Å². The van der Waals surface area contributed by atoms with Gasteiger partial charge in [-0.05, 0) is 124 Å². The maximum absolute atomic E-state index is 12.7. The van der Waals surface area contributed by atoms with Crippen LogP contribution in [0.5, 0.6) is 0 Å². The van der Waals surface area contributed by atoms with E-state index in [0.717, 1.165) is 86.4 Å². The second-order valence-corrected chi connectivity index (χ2v) is 19.6. The number of alkyl halides is 2. The number of fused-ring (bicyclic) bond motifs is 1. The molecule has 0 aliphatic heterocycles. The van der Waals surface area contributed by atoms with Gasteiger partial charge in [-0.3, -0.25) is 24.2 Å². The SMILES string of the molecule is C.C.CC(Cl)OC(=O)C1CCCCC1.CC(I)OC(=O)C1CCCCC1.CC(N=C(Nc1cccc2cccnc12)SC(C)OC(=O)C1CCCCC1)NC(=O)/C=C/c1ccccc1.[I-].[Na+]. The quantitative estimate of drug-likeness (QED) is 0.0219. The summed E-state index contributed by atoms with van der Waals surface area (Å²) >= 11 is 8.96. The average Bonchev–Trinajstić information content (AvgIpc) is 3.27. The van der Waals surface area contributed by atoms with Gasteiger partial charge in [-0.1, -0.05) is 133 Å². The third-order valence-corrected chi connectivity index (χ3v) is 11.9. The van der Waals surface area contributed by atoms with Gasteiger partial charge in [-0.15, -0.1) is 0 Å². The van der Waals surface area contributed by atoms with Crippen LogP contribution in [-0.2, 0) is 33.4 Å². The number of aromatic nitrogens is 1. The molecule has 0 bridgehead atoms. The number of benzene rings is 2. The molecule has 0 radical (unpaired) electrons. The number of pyridine rings is 1. The Morgan fingerprint density at radius 1 is 0.727 bits per heavy atom. The Kier molecular flexibility index (Phi) is 35.0. The van der Waals surface area contributed by atoms with E-state index < -0.39 is 17.2 Å². The van der Waals surface area contributed by atoms with Crippen molar-refractivity contribution in [1.29, 1.82) is 0 Å². The molecule has 1 aromatic heterocycles. The minimum absolute atomic E-state index is 0. The second kappa shape index (κ2) is 36.1. The molecule has 1 heterocycles. The Morgan fingerprint density at radius 2 is 1.23 bits per heavy atom. The number of hydrogen-bond donors (Lipinski definition) is 2. The van der Waals surface area contributed by atoms with Crippen molar-refractivity contribution in [2.75, 3.05) is 5.32 Å². The molecule has 3 aliphatic rings. The van der Waals surface area contributed by atoms with Crippen molar-refractivity contribution in [3.8, 4) is 0 Å². The molecule has 3 aromatic rings. The van der Waals surface area contributed by atoms with E-state index in [2.05, 4.69) is 38.2 Å². The van der Waals surface area contributed by atoms with E-state index in [1.807, 2.05) is 74.5 Å². The van der Waals surface area contributed by atoms with Gasteiger partial charge < -0.3 is 48.8 Å². The number of ether oxygens (including phenoxy) is 3. The van der Waals surface area contributed by atoms with Crippen LogP contribution >= 0.6 is 46.0 Å². The minimum Gasteiger partial charge on any atom is -1.00 e. The van der Waals surface area contributed by atoms with Gasteiger partial charge in [0.05, 0.1) is 29.0 Å². The number of carbonyl (C=O) groups excluding carboxylic acids is 4. The van der Waals surface area contributed by atoms with Crippen LogP contribution in [0.3, 0.4) is 0 Å². The number of amides is 1. The first kappa shape index (κ1) is 64.0. The van der Waals surface area contributed by atoms with Crippen molar-refractivity contribution < 1.29 is 86.9 Å². The molecular weight excluding hydrogens is 1110 g/mol. The molecule has 4 unspecified atom stereocenters. The summed E-state index contributed by atoms with van der Waals surface area (Å²) in [5.41, 5.74) is 1.58. The van der Waals surface area contributed by atoms with Crippen molar-refractivity contribution in [2.45, 2.75) is 160 Å². The van der Waals surface area contributed by atoms with Gasteiger partial charge in [0.1, 0.15) is 10.3 Å². The molecule has 2 N–H and O–H groups in total. The smallest absolute Gasteiger partial charge is 1.00 e. The van der Waals surface area contributed by atoms with E-state index in [-0.39, 0.29) is 114 Å². The number of hydrogen-bond acceptors (Lipinski definition) is 10. The van der Waals surface area contributed by atoms with Crippen LogP contribution < -0.4 is 64.2 Å². The number of rotatable bonds is 12. The molecular formula is C50H72ClI2N4NaO7S. The average molecular weight is 1190 g/mol. The van der Waals surface area contributed by atoms with Crippen molar-refractivity contribution in [2.24, 2.45) is 22.7 Å². The Morgan fingerprint density at radius 3 is 1.74 bits per heavy atom. The number of anilines is 1.